The van der Waals surface area contributed by atoms with Crippen LogP contribution in [0.15, 0.2) is 60.9 Å². The maximum absolute atomic E-state index is 12.2. The van der Waals surface area contributed by atoms with Gasteiger partial charge in [0.1, 0.15) is 5.75 Å². The number of hydrogen-bond acceptors (Lipinski definition) is 5. The SMILES string of the molecule is COc1cc(CNC(=O)c2ccccc2)ccc1NC(=O)Nc1cnc(C)cn1. The first-order valence-corrected chi connectivity index (χ1v) is 8.92. The number of anilines is 2. The molecule has 0 aliphatic rings. The van der Waals surface area contributed by atoms with Gasteiger partial charge in [-0.1, -0.05) is 24.3 Å². The number of aryl methyl sites for hydroxylation is 1. The quantitative estimate of drug-likeness (QED) is 0.597. The highest BCUT2D eigenvalue weighted by molar-refractivity contribution is 6.00. The van der Waals surface area contributed by atoms with E-state index in [0.29, 0.717) is 29.4 Å². The van der Waals surface area contributed by atoms with Gasteiger partial charge in [-0.15, -0.1) is 0 Å². The average molecular weight is 391 g/mol. The van der Waals surface area contributed by atoms with Gasteiger partial charge in [-0.05, 0) is 36.8 Å². The summed E-state index contributed by atoms with van der Waals surface area (Å²) < 4.78 is 5.36. The Labute approximate surface area is 168 Å². The van der Waals surface area contributed by atoms with E-state index in [1.54, 1.807) is 36.5 Å². The van der Waals surface area contributed by atoms with Crippen LogP contribution in [0.25, 0.3) is 0 Å². The second-order valence-electron chi connectivity index (χ2n) is 6.21. The van der Waals surface area contributed by atoms with Crippen molar-refractivity contribution in [2.24, 2.45) is 0 Å². The molecule has 3 aromatic rings. The van der Waals surface area contributed by atoms with Gasteiger partial charge in [-0.3, -0.25) is 15.1 Å². The summed E-state index contributed by atoms with van der Waals surface area (Å²) >= 11 is 0. The van der Waals surface area contributed by atoms with Crippen molar-refractivity contribution in [3.8, 4) is 5.75 Å². The van der Waals surface area contributed by atoms with E-state index in [1.807, 2.05) is 25.1 Å². The molecule has 29 heavy (non-hydrogen) atoms. The number of hydrogen-bond donors (Lipinski definition) is 3. The van der Waals surface area contributed by atoms with Crippen LogP contribution in [0.3, 0.4) is 0 Å². The van der Waals surface area contributed by atoms with E-state index < -0.39 is 6.03 Å². The third-order valence-corrected chi connectivity index (χ3v) is 4.03. The van der Waals surface area contributed by atoms with Crippen LogP contribution in [-0.2, 0) is 6.54 Å². The fraction of sp³-hybridized carbons (Fsp3) is 0.143. The van der Waals surface area contributed by atoms with Crippen LogP contribution in [0.1, 0.15) is 21.6 Å². The summed E-state index contributed by atoms with van der Waals surface area (Å²) in [6.45, 7) is 2.14. The Morgan fingerprint density at radius 2 is 1.79 bits per heavy atom. The van der Waals surface area contributed by atoms with Crippen molar-refractivity contribution in [3.05, 3.63) is 77.7 Å². The molecule has 0 radical (unpaired) electrons. The number of amides is 3. The van der Waals surface area contributed by atoms with Crippen LogP contribution in [0, 0.1) is 6.92 Å². The van der Waals surface area contributed by atoms with Crippen LogP contribution >= 0.6 is 0 Å². The molecule has 0 spiro atoms. The van der Waals surface area contributed by atoms with Crippen molar-refractivity contribution >= 4 is 23.4 Å². The first-order chi connectivity index (χ1) is 14.0. The van der Waals surface area contributed by atoms with E-state index in [4.69, 9.17) is 4.74 Å². The number of carbonyl (C=O) groups excluding carboxylic acids is 2. The number of benzene rings is 2. The fourth-order valence-electron chi connectivity index (χ4n) is 2.55. The molecular formula is C21H21N5O3. The molecule has 8 nitrogen and oxygen atoms in total. The molecule has 148 valence electrons. The number of nitrogens with zero attached hydrogens (tertiary/aromatic N) is 2. The van der Waals surface area contributed by atoms with Gasteiger partial charge in [0.25, 0.3) is 5.91 Å². The molecule has 0 atom stereocenters. The number of carbonyl (C=O) groups is 2. The van der Waals surface area contributed by atoms with Crippen LogP contribution in [0.4, 0.5) is 16.3 Å². The lowest BCUT2D eigenvalue weighted by Gasteiger charge is -2.13. The van der Waals surface area contributed by atoms with E-state index in [1.165, 1.54) is 13.3 Å². The van der Waals surface area contributed by atoms with Gasteiger partial charge < -0.3 is 15.4 Å². The summed E-state index contributed by atoms with van der Waals surface area (Å²) in [6, 6.07) is 13.8. The first-order valence-electron chi connectivity index (χ1n) is 8.92. The lowest BCUT2D eigenvalue weighted by atomic mass is 10.1. The molecule has 1 heterocycles. The van der Waals surface area contributed by atoms with E-state index in [0.717, 1.165) is 11.3 Å². The topological polar surface area (TPSA) is 105 Å². The highest BCUT2D eigenvalue weighted by atomic mass is 16.5. The minimum absolute atomic E-state index is 0.162. The van der Waals surface area contributed by atoms with E-state index in [-0.39, 0.29) is 5.91 Å². The summed E-state index contributed by atoms with van der Waals surface area (Å²) in [6.07, 6.45) is 3.04. The molecule has 1 aromatic heterocycles. The van der Waals surface area contributed by atoms with Crippen LogP contribution in [-0.4, -0.2) is 29.0 Å². The van der Waals surface area contributed by atoms with E-state index >= 15 is 0 Å². The highest BCUT2D eigenvalue weighted by Crippen LogP contribution is 2.25. The second kappa shape index (κ2) is 9.32. The van der Waals surface area contributed by atoms with Gasteiger partial charge >= 0.3 is 6.03 Å². The molecule has 0 aliphatic heterocycles. The largest absolute Gasteiger partial charge is 0.495 e. The maximum Gasteiger partial charge on any atom is 0.324 e. The standard InChI is InChI=1S/C21H21N5O3/c1-14-11-23-19(13-22-14)26-21(28)25-17-9-8-15(10-18(17)29-2)12-24-20(27)16-6-4-3-5-7-16/h3-11,13H,12H2,1-2H3,(H,24,27)(H2,23,25,26,28). The summed E-state index contributed by atoms with van der Waals surface area (Å²) in [4.78, 5) is 32.5. The van der Waals surface area contributed by atoms with Crippen molar-refractivity contribution in [2.75, 3.05) is 17.7 Å². The average Bonchev–Trinajstić information content (AvgIpc) is 2.75. The maximum atomic E-state index is 12.2. The van der Waals surface area contributed by atoms with Gasteiger partial charge in [0, 0.05) is 12.1 Å². The van der Waals surface area contributed by atoms with Crippen LogP contribution in [0.2, 0.25) is 0 Å². The van der Waals surface area contributed by atoms with Crippen LogP contribution < -0.4 is 20.7 Å². The zero-order valence-electron chi connectivity index (χ0n) is 16.1. The van der Waals surface area contributed by atoms with Gasteiger partial charge in [-0.25, -0.2) is 9.78 Å². The Morgan fingerprint density at radius 3 is 2.48 bits per heavy atom. The molecule has 0 saturated heterocycles. The minimum Gasteiger partial charge on any atom is -0.495 e. The Bertz CT molecular complexity index is 991. The van der Waals surface area contributed by atoms with Gasteiger partial charge in [-0.2, -0.15) is 0 Å². The van der Waals surface area contributed by atoms with Crippen molar-refractivity contribution in [1.29, 1.82) is 0 Å². The molecule has 3 N–H and O–H groups in total. The Balaban J connectivity index is 1.61. The molecule has 0 unspecified atom stereocenters. The lowest BCUT2D eigenvalue weighted by molar-refractivity contribution is 0.0951. The fourth-order valence-corrected chi connectivity index (χ4v) is 2.55. The summed E-state index contributed by atoms with van der Waals surface area (Å²) in [5, 5.41) is 8.17. The molecule has 2 aromatic carbocycles. The Hall–Kier alpha value is -3.94. The number of methoxy groups -OCH3 is 1. The van der Waals surface area contributed by atoms with Gasteiger partial charge in [0.05, 0.1) is 30.9 Å². The number of aromatic nitrogens is 2. The molecule has 0 fully saturated rings. The minimum atomic E-state index is -0.466. The van der Waals surface area contributed by atoms with Gasteiger partial charge in [0.2, 0.25) is 0 Å². The zero-order chi connectivity index (χ0) is 20.6. The number of nitrogens with one attached hydrogen (secondary N) is 3. The van der Waals surface area contributed by atoms with Crippen molar-refractivity contribution in [2.45, 2.75) is 13.5 Å². The van der Waals surface area contributed by atoms with E-state index in [9.17, 15) is 9.59 Å². The predicted molar refractivity (Wildman–Crippen MR) is 110 cm³/mol. The molecule has 0 bridgehead atoms. The smallest absolute Gasteiger partial charge is 0.324 e. The lowest BCUT2D eigenvalue weighted by Crippen LogP contribution is -2.23. The first kappa shape index (κ1) is 19.8. The third-order valence-electron chi connectivity index (χ3n) is 4.03. The second-order valence-corrected chi connectivity index (χ2v) is 6.21. The van der Waals surface area contributed by atoms with E-state index in [2.05, 4.69) is 25.9 Å². The molecule has 3 amide bonds. The summed E-state index contributed by atoms with van der Waals surface area (Å²) in [5.74, 6) is 0.652. The van der Waals surface area contributed by atoms with Crippen molar-refractivity contribution in [1.82, 2.24) is 15.3 Å². The molecule has 0 aliphatic carbocycles. The highest BCUT2D eigenvalue weighted by Gasteiger charge is 2.10. The molecule has 3 rings (SSSR count). The Morgan fingerprint density at radius 1 is 1.00 bits per heavy atom. The number of rotatable bonds is 6. The molecule has 0 saturated carbocycles. The van der Waals surface area contributed by atoms with Crippen LogP contribution in [0.5, 0.6) is 5.75 Å². The monoisotopic (exact) mass is 391 g/mol. The normalized spacial score (nSPS) is 10.1. The van der Waals surface area contributed by atoms with Crippen molar-refractivity contribution in [3.63, 3.8) is 0 Å². The van der Waals surface area contributed by atoms with Gasteiger partial charge in [0.15, 0.2) is 5.82 Å². The number of ether oxygens (including phenoxy) is 1. The van der Waals surface area contributed by atoms with Crippen molar-refractivity contribution < 1.29 is 14.3 Å². The predicted octanol–water partition coefficient (Wildman–Crippen LogP) is 3.37. The third kappa shape index (κ3) is 5.52. The number of urea groups is 1. The summed E-state index contributed by atoms with van der Waals surface area (Å²) in [7, 11) is 1.51. The molecular weight excluding hydrogens is 370 g/mol. The molecule has 8 heteroatoms. The summed E-state index contributed by atoms with van der Waals surface area (Å²) in [5.41, 5.74) is 2.67. The Kier molecular flexibility index (Phi) is 6.36. The zero-order valence-corrected chi connectivity index (χ0v) is 16.1.